The van der Waals surface area contributed by atoms with Gasteiger partial charge in [-0.25, -0.2) is 0 Å². The molecule has 0 spiro atoms. The molecule has 1 amide bonds. The van der Waals surface area contributed by atoms with E-state index in [2.05, 4.69) is 17.2 Å². The fraction of sp³-hybridized carbons (Fsp3) is 0.500. The molecule has 96 valence electrons. The van der Waals surface area contributed by atoms with Gasteiger partial charge < -0.3 is 10.4 Å². The first-order valence-corrected chi connectivity index (χ1v) is 7.09. The molecular formula is C14H17NO2S. The van der Waals surface area contributed by atoms with Gasteiger partial charge in [-0.3, -0.25) is 4.79 Å². The second-order valence-electron chi connectivity index (χ2n) is 4.54. The van der Waals surface area contributed by atoms with Crippen molar-refractivity contribution in [2.75, 3.05) is 6.61 Å². The van der Waals surface area contributed by atoms with Crippen LogP contribution < -0.4 is 5.32 Å². The highest BCUT2D eigenvalue weighted by molar-refractivity contribution is 7.10. The minimum absolute atomic E-state index is 0.122. The van der Waals surface area contributed by atoms with E-state index in [-0.39, 0.29) is 12.5 Å². The van der Waals surface area contributed by atoms with E-state index in [1.165, 1.54) is 19.3 Å². The zero-order valence-electron chi connectivity index (χ0n) is 10.2. The van der Waals surface area contributed by atoms with Gasteiger partial charge in [0.15, 0.2) is 0 Å². The highest BCUT2D eigenvalue weighted by atomic mass is 32.1. The summed E-state index contributed by atoms with van der Waals surface area (Å²) in [7, 11) is 0. The molecule has 0 radical (unpaired) electrons. The van der Waals surface area contributed by atoms with E-state index in [9.17, 15) is 4.79 Å². The first-order valence-electron chi connectivity index (χ1n) is 6.22. The molecule has 0 bridgehead atoms. The Morgan fingerprint density at radius 2 is 2.39 bits per heavy atom. The van der Waals surface area contributed by atoms with Crippen molar-refractivity contribution in [1.29, 1.82) is 0 Å². The fourth-order valence-corrected chi connectivity index (χ4v) is 2.65. The summed E-state index contributed by atoms with van der Waals surface area (Å²) in [6, 6.07) is 1.96. The maximum Gasteiger partial charge on any atom is 0.220 e. The van der Waals surface area contributed by atoms with Gasteiger partial charge in [-0.1, -0.05) is 18.3 Å². The lowest BCUT2D eigenvalue weighted by Gasteiger charge is -2.24. The second kappa shape index (κ2) is 6.58. The lowest BCUT2D eigenvalue weighted by molar-refractivity contribution is -0.122. The first kappa shape index (κ1) is 13.1. The molecule has 3 nitrogen and oxygen atoms in total. The van der Waals surface area contributed by atoms with E-state index in [1.807, 2.05) is 11.4 Å². The summed E-state index contributed by atoms with van der Waals surface area (Å²) in [6.07, 6.45) is 4.35. The Morgan fingerprint density at radius 1 is 1.56 bits per heavy atom. The Bertz CT molecular complexity index is 466. The highest BCUT2D eigenvalue weighted by Gasteiger charge is 2.20. The van der Waals surface area contributed by atoms with Crippen LogP contribution in [0.3, 0.4) is 0 Å². The number of rotatable bonds is 4. The summed E-state index contributed by atoms with van der Waals surface area (Å²) >= 11 is 1.58. The fourth-order valence-electron chi connectivity index (χ4n) is 1.90. The Hall–Kier alpha value is -1.31. The van der Waals surface area contributed by atoms with E-state index in [1.54, 1.807) is 11.3 Å². The van der Waals surface area contributed by atoms with Crippen LogP contribution in [0.1, 0.15) is 36.1 Å². The van der Waals surface area contributed by atoms with Gasteiger partial charge in [-0.2, -0.15) is 0 Å². The number of amides is 1. The van der Waals surface area contributed by atoms with E-state index in [0.717, 1.165) is 10.4 Å². The van der Waals surface area contributed by atoms with Crippen molar-refractivity contribution in [3.05, 3.63) is 21.9 Å². The molecule has 2 N–H and O–H groups in total. The Morgan fingerprint density at radius 3 is 3.06 bits per heavy atom. The number of carbonyl (C=O) groups is 1. The predicted octanol–water partition coefficient (Wildman–Crippen LogP) is 1.90. The highest BCUT2D eigenvalue weighted by Crippen LogP contribution is 2.29. The van der Waals surface area contributed by atoms with E-state index in [0.29, 0.717) is 18.9 Å². The monoisotopic (exact) mass is 263 g/mol. The van der Waals surface area contributed by atoms with Gasteiger partial charge >= 0.3 is 0 Å². The number of hydrogen-bond acceptors (Lipinski definition) is 3. The molecule has 0 atom stereocenters. The van der Waals surface area contributed by atoms with Gasteiger partial charge in [0.2, 0.25) is 5.91 Å². The lowest BCUT2D eigenvalue weighted by atomic mass is 9.83. The van der Waals surface area contributed by atoms with Gasteiger partial charge in [0.05, 0.1) is 6.54 Å². The Labute approximate surface area is 111 Å². The molecule has 2 rings (SSSR count). The van der Waals surface area contributed by atoms with Crippen LogP contribution in [0.2, 0.25) is 0 Å². The van der Waals surface area contributed by atoms with Crippen molar-refractivity contribution in [3.63, 3.8) is 0 Å². The number of thiophene rings is 1. The number of aliphatic hydroxyl groups is 1. The van der Waals surface area contributed by atoms with E-state index in [4.69, 9.17) is 5.11 Å². The molecule has 1 aromatic rings. The van der Waals surface area contributed by atoms with Crippen LogP contribution in [-0.2, 0) is 11.3 Å². The van der Waals surface area contributed by atoms with Gasteiger partial charge in [0.25, 0.3) is 0 Å². The molecule has 1 saturated carbocycles. The minimum atomic E-state index is -0.122. The van der Waals surface area contributed by atoms with Crippen molar-refractivity contribution >= 4 is 17.2 Å². The molecule has 4 heteroatoms. The molecule has 18 heavy (non-hydrogen) atoms. The number of aliphatic hydroxyl groups excluding tert-OH is 1. The first-order chi connectivity index (χ1) is 8.78. The largest absolute Gasteiger partial charge is 0.384 e. The van der Waals surface area contributed by atoms with Crippen molar-refractivity contribution in [3.8, 4) is 11.8 Å². The number of carbonyl (C=O) groups excluding carboxylic acids is 1. The molecule has 0 aliphatic heterocycles. The summed E-state index contributed by atoms with van der Waals surface area (Å²) in [6.45, 7) is 0.459. The van der Waals surface area contributed by atoms with Crippen molar-refractivity contribution in [2.45, 2.75) is 32.2 Å². The summed E-state index contributed by atoms with van der Waals surface area (Å²) < 4.78 is 0. The van der Waals surface area contributed by atoms with Crippen molar-refractivity contribution < 1.29 is 9.90 Å². The SMILES string of the molecule is O=C(CC1CCC1)NCc1cc(C#CCO)cs1. The summed E-state index contributed by atoms with van der Waals surface area (Å²) in [5.41, 5.74) is 0.900. The van der Waals surface area contributed by atoms with Gasteiger partial charge in [0, 0.05) is 22.2 Å². The second-order valence-corrected chi connectivity index (χ2v) is 5.54. The number of nitrogens with one attached hydrogen (secondary N) is 1. The molecule has 0 unspecified atom stereocenters. The van der Waals surface area contributed by atoms with Crippen LogP contribution in [0, 0.1) is 17.8 Å². The standard InChI is InChI=1S/C14H17NO2S/c16-6-2-5-12-7-13(18-10-12)9-15-14(17)8-11-3-1-4-11/h7,10-11,16H,1,3-4,6,8-9H2,(H,15,17). The maximum absolute atomic E-state index is 11.6. The molecule has 1 aliphatic rings. The van der Waals surface area contributed by atoms with Crippen LogP contribution >= 0.6 is 11.3 Å². The van der Waals surface area contributed by atoms with Gasteiger partial charge in [-0.05, 0) is 24.8 Å². The molecular weight excluding hydrogens is 246 g/mol. The van der Waals surface area contributed by atoms with Crippen molar-refractivity contribution in [2.24, 2.45) is 5.92 Å². The molecule has 0 aromatic carbocycles. The quantitative estimate of drug-likeness (QED) is 0.815. The third-order valence-electron chi connectivity index (χ3n) is 3.12. The van der Waals surface area contributed by atoms with Crippen LogP contribution in [0.4, 0.5) is 0 Å². The van der Waals surface area contributed by atoms with Crippen LogP contribution in [0.25, 0.3) is 0 Å². The molecule has 0 saturated heterocycles. The van der Waals surface area contributed by atoms with Crippen molar-refractivity contribution in [1.82, 2.24) is 5.32 Å². The predicted molar refractivity (Wildman–Crippen MR) is 72.1 cm³/mol. The topological polar surface area (TPSA) is 49.3 Å². The van der Waals surface area contributed by atoms with E-state index >= 15 is 0 Å². The molecule has 1 fully saturated rings. The van der Waals surface area contributed by atoms with Gasteiger partial charge in [-0.15, -0.1) is 11.3 Å². The minimum Gasteiger partial charge on any atom is -0.384 e. The zero-order chi connectivity index (χ0) is 12.8. The van der Waals surface area contributed by atoms with Crippen LogP contribution in [-0.4, -0.2) is 17.6 Å². The Balaban J connectivity index is 1.75. The summed E-state index contributed by atoms with van der Waals surface area (Å²) in [4.78, 5) is 12.7. The smallest absolute Gasteiger partial charge is 0.220 e. The number of hydrogen-bond donors (Lipinski definition) is 2. The zero-order valence-corrected chi connectivity index (χ0v) is 11.1. The summed E-state index contributed by atoms with van der Waals surface area (Å²) in [5, 5.41) is 13.5. The molecule has 1 heterocycles. The van der Waals surface area contributed by atoms with Crippen LogP contribution in [0.5, 0.6) is 0 Å². The van der Waals surface area contributed by atoms with Gasteiger partial charge in [0.1, 0.15) is 6.61 Å². The Kier molecular flexibility index (Phi) is 4.80. The lowest BCUT2D eigenvalue weighted by Crippen LogP contribution is -2.27. The maximum atomic E-state index is 11.6. The van der Waals surface area contributed by atoms with Crippen LogP contribution in [0.15, 0.2) is 11.4 Å². The third kappa shape index (κ3) is 3.86. The molecule has 1 aromatic heterocycles. The molecule has 1 aliphatic carbocycles. The normalized spacial score (nSPS) is 14.5. The third-order valence-corrected chi connectivity index (χ3v) is 4.06. The summed E-state index contributed by atoms with van der Waals surface area (Å²) in [5.74, 6) is 6.22. The van der Waals surface area contributed by atoms with E-state index < -0.39 is 0 Å². The average Bonchev–Trinajstić information content (AvgIpc) is 2.76. The average molecular weight is 263 g/mol.